The van der Waals surface area contributed by atoms with Gasteiger partial charge in [-0.15, -0.1) is 11.3 Å². The van der Waals surface area contributed by atoms with Crippen LogP contribution in [0.5, 0.6) is 0 Å². The Morgan fingerprint density at radius 1 is 0.462 bits per heavy atom. The highest BCUT2D eigenvalue weighted by Crippen LogP contribution is 2.41. The third kappa shape index (κ3) is 5.21. The minimum atomic E-state index is 0.594. The maximum atomic E-state index is 5.13. The van der Waals surface area contributed by atoms with Gasteiger partial charge in [-0.2, -0.15) is 0 Å². The van der Waals surface area contributed by atoms with Crippen LogP contribution in [0.3, 0.4) is 0 Å². The number of fused-ring (bicyclic) bond motifs is 6. The Morgan fingerprint density at radius 3 is 2.00 bits per heavy atom. The molecule has 1 unspecified atom stereocenters. The third-order valence-electron chi connectivity index (χ3n) is 9.90. The number of hydrogen-bond donors (Lipinski definition) is 0. The predicted molar refractivity (Wildman–Crippen MR) is 223 cm³/mol. The van der Waals surface area contributed by atoms with Gasteiger partial charge in [0.05, 0.1) is 16.7 Å². The van der Waals surface area contributed by atoms with Crippen LogP contribution in [-0.2, 0) is 0 Å². The van der Waals surface area contributed by atoms with Crippen LogP contribution < -0.4 is 5.57 Å². The summed E-state index contributed by atoms with van der Waals surface area (Å²) in [5.41, 5.74) is 11.7. The summed E-state index contributed by atoms with van der Waals surface area (Å²) >= 11 is 1.84. The van der Waals surface area contributed by atoms with E-state index in [1.165, 1.54) is 47.6 Å². The Kier molecular flexibility index (Phi) is 7.31. The van der Waals surface area contributed by atoms with Crippen molar-refractivity contribution < 1.29 is 0 Å². The van der Waals surface area contributed by atoms with Crippen LogP contribution in [-0.4, -0.2) is 19.5 Å². The average molecular weight is 703 g/mol. The highest BCUT2D eigenvalue weighted by molar-refractivity contribution is 7.26. The normalized spacial score (nSPS) is 11.7. The monoisotopic (exact) mass is 702 g/mol. The topological polar surface area (TPSA) is 43.6 Å². The fourth-order valence-corrected chi connectivity index (χ4v) is 8.85. The first-order valence-corrected chi connectivity index (χ1v) is 18.7. The van der Waals surface area contributed by atoms with Gasteiger partial charge in [-0.3, -0.25) is 0 Å². The minimum Gasteiger partial charge on any atom is -0.309 e. The summed E-state index contributed by atoms with van der Waals surface area (Å²) < 4.78 is 4.94. The van der Waals surface area contributed by atoms with E-state index < -0.39 is 0 Å². The summed E-state index contributed by atoms with van der Waals surface area (Å²) in [6, 6.07) is 56.5. The van der Waals surface area contributed by atoms with E-state index in [4.69, 9.17) is 15.0 Å². The van der Waals surface area contributed by atoms with Gasteiger partial charge in [-0.1, -0.05) is 130 Å². The lowest BCUT2D eigenvalue weighted by molar-refractivity contribution is 1.09. The molecule has 0 N–H and O–H groups in total. The molecule has 0 radical (unpaired) electrons. The van der Waals surface area contributed by atoms with E-state index in [-0.39, 0.29) is 0 Å². The highest BCUT2D eigenvalue weighted by Gasteiger charge is 2.20. The Morgan fingerprint density at radius 2 is 1.12 bits per heavy atom. The molecule has 0 aliphatic rings. The first-order valence-electron chi connectivity index (χ1n) is 17.3. The van der Waals surface area contributed by atoms with E-state index in [0.717, 1.165) is 39.0 Å². The predicted octanol–water partition coefficient (Wildman–Crippen LogP) is 11.8. The Bertz CT molecular complexity index is 3000. The van der Waals surface area contributed by atoms with Gasteiger partial charge in [0.25, 0.3) is 0 Å². The number of aromatic nitrogens is 4. The molecule has 0 amide bonds. The van der Waals surface area contributed by atoms with Gasteiger partial charge in [-0.05, 0) is 71.6 Å². The second-order valence-electron chi connectivity index (χ2n) is 13.2. The molecule has 52 heavy (non-hydrogen) atoms. The van der Waals surface area contributed by atoms with Crippen LogP contribution in [0, 0.1) is 6.92 Å². The van der Waals surface area contributed by atoms with E-state index in [2.05, 4.69) is 148 Å². The molecule has 4 nitrogen and oxygen atoms in total. The van der Waals surface area contributed by atoms with E-state index in [9.17, 15) is 0 Å². The van der Waals surface area contributed by atoms with Gasteiger partial charge in [0.15, 0.2) is 11.6 Å². The zero-order chi connectivity index (χ0) is 34.8. The van der Waals surface area contributed by atoms with Crippen molar-refractivity contribution in [1.82, 2.24) is 19.5 Å². The molecule has 3 aromatic heterocycles. The molecule has 1 atom stereocenters. The molecule has 0 saturated carbocycles. The molecule has 0 fully saturated rings. The average Bonchev–Trinajstić information content (AvgIpc) is 3.73. The summed E-state index contributed by atoms with van der Waals surface area (Å²) in [6.45, 7) is 2.14. The lowest BCUT2D eigenvalue weighted by Crippen LogP contribution is -2.11. The van der Waals surface area contributed by atoms with Crippen molar-refractivity contribution >= 4 is 68.1 Å². The number of nitrogens with zero attached hydrogens (tertiary/aromatic N) is 4. The molecule has 0 spiro atoms. The highest BCUT2D eigenvalue weighted by atomic mass is 32.1. The van der Waals surface area contributed by atoms with Crippen molar-refractivity contribution in [2.24, 2.45) is 0 Å². The van der Waals surface area contributed by atoms with Crippen LogP contribution in [0.15, 0.2) is 158 Å². The smallest absolute Gasteiger partial charge is 0.166 e. The number of rotatable bonds is 5. The standard InChI is InChI=1S/C46H31N4PS/c1-28-10-9-13-30(24-28)31-19-22-40-37(25-31)34-14-5-7-16-39(34)50(40)41-23-20-32(33-18-21-36-35-15-6-8-17-42(35)52-43(36)27-33)26-38(41)45-47-44(48-46(51)49-45)29-11-3-2-4-12-29/h2-27H,51H2,1H3. The molecule has 10 aromatic rings. The Hall–Kier alpha value is -6.00. The Balaban J connectivity index is 1.22. The molecule has 0 bridgehead atoms. The molecule has 0 aliphatic carbocycles. The summed E-state index contributed by atoms with van der Waals surface area (Å²) in [6.07, 6.45) is 0. The molecule has 6 heteroatoms. The number of para-hydroxylation sites is 1. The number of benzene rings is 7. The van der Waals surface area contributed by atoms with Crippen LogP contribution in [0.4, 0.5) is 0 Å². The van der Waals surface area contributed by atoms with E-state index in [1.807, 2.05) is 41.7 Å². The molecule has 3 heterocycles. The van der Waals surface area contributed by atoms with E-state index >= 15 is 0 Å². The van der Waals surface area contributed by atoms with Crippen LogP contribution in [0.2, 0.25) is 0 Å². The van der Waals surface area contributed by atoms with Crippen molar-refractivity contribution in [3.8, 4) is 50.7 Å². The zero-order valence-electron chi connectivity index (χ0n) is 28.3. The van der Waals surface area contributed by atoms with Gasteiger partial charge < -0.3 is 4.57 Å². The number of hydrogen-bond acceptors (Lipinski definition) is 4. The lowest BCUT2D eigenvalue weighted by atomic mass is 9.99. The summed E-state index contributed by atoms with van der Waals surface area (Å²) in [5.74, 6) is 1.27. The van der Waals surface area contributed by atoms with E-state index in [0.29, 0.717) is 17.2 Å². The quantitative estimate of drug-likeness (QED) is 0.168. The first kappa shape index (κ1) is 30.8. The SMILES string of the molecule is Cc1cccc(-c2ccc3c(c2)c2ccccc2n3-c2ccc(-c3ccc4c(c3)sc3ccccc34)cc2-c2nc(P)nc(-c3ccccc3)n2)c1. The second kappa shape index (κ2) is 12.3. The van der Waals surface area contributed by atoms with Crippen LogP contribution in [0.25, 0.3) is 92.7 Å². The third-order valence-corrected chi connectivity index (χ3v) is 11.3. The van der Waals surface area contributed by atoms with Gasteiger partial charge in [0.1, 0.15) is 5.57 Å². The Labute approximate surface area is 307 Å². The molecule has 0 saturated heterocycles. The minimum absolute atomic E-state index is 0.594. The number of aryl methyl sites for hydroxylation is 1. The lowest BCUT2D eigenvalue weighted by Gasteiger charge is -2.16. The molecular formula is C46H31N4PS. The van der Waals surface area contributed by atoms with Gasteiger partial charge in [-0.25, -0.2) is 15.0 Å². The zero-order valence-corrected chi connectivity index (χ0v) is 30.3. The maximum Gasteiger partial charge on any atom is 0.166 e. The summed E-state index contributed by atoms with van der Waals surface area (Å²) in [4.78, 5) is 14.8. The van der Waals surface area contributed by atoms with E-state index in [1.54, 1.807) is 0 Å². The van der Waals surface area contributed by atoms with Crippen LogP contribution in [0.1, 0.15) is 5.56 Å². The number of thiophene rings is 1. The first-order chi connectivity index (χ1) is 25.6. The fourth-order valence-electron chi connectivity index (χ4n) is 7.46. The fraction of sp³-hybridized carbons (Fsp3) is 0.0217. The molecule has 10 rings (SSSR count). The molecule has 7 aromatic carbocycles. The van der Waals surface area contributed by atoms with Crippen LogP contribution >= 0.6 is 20.6 Å². The molecule has 246 valence electrons. The molecular weight excluding hydrogens is 672 g/mol. The van der Waals surface area contributed by atoms with Crippen molar-refractivity contribution in [2.45, 2.75) is 6.92 Å². The second-order valence-corrected chi connectivity index (χ2v) is 14.8. The van der Waals surface area contributed by atoms with Crippen molar-refractivity contribution in [3.05, 3.63) is 163 Å². The van der Waals surface area contributed by atoms with Crippen molar-refractivity contribution in [3.63, 3.8) is 0 Å². The summed E-state index contributed by atoms with van der Waals surface area (Å²) in [5, 5.41) is 4.99. The largest absolute Gasteiger partial charge is 0.309 e. The van der Waals surface area contributed by atoms with Crippen molar-refractivity contribution in [2.75, 3.05) is 0 Å². The van der Waals surface area contributed by atoms with Gasteiger partial charge in [0.2, 0.25) is 0 Å². The van der Waals surface area contributed by atoms with Crippen molar-refractivity contribution in [1.29, 1.82) is 0 Å². The van der Waals surface area contributed by atoms with Gasteiger partial charge in [0, 0.05) is 42.1 Å². The summed E-state index contributed by atoms with van der Waals surface area (Å²) in [7, 11) is 2.70. The van der Waals surface area contributed by atoms with Gasteiger partial charge >= 0.3 is 0 Å². The maximum absolute atomic E-state index is 5.13. The molecule has 0 aliphatic heterocycles.